The van der Waals surface area contributed by atoms with Crippen LogP contribution in [0.2, 0.25) is 5.02 Å². The molecule has 0 radical (unpaired) electrons. The van der Waals surface area contributed by atoms with Crippen molar-refractivity contribution < 1.29 is 9.53 Å². The molecule has 1 amide bonds. The van der Waals surface area contributed by atoms with E-state index in [2.05, 4.69) is 10.3 Å². The smallest absolute Gasteiger partial charge is 0.267 e. The number of amides is 1. The summed E-state index contributed by atoms with van der Waals surface area (Å²) in [6, 6.07) is 11.4. The third kappa shape index (κ3) is 3.74. The van der Waals surface area contributed by atoms with E-state index in [1.165, 1.54) is 11.3 Å². The van der Waals surface area contributed by atoms with Gasteiger partial charge in [0.15, 0.2) is 0 Å². The lowest BCUT2D eigenvalue weighted by atomic mass is 10.1. The van der Waals surface area contributed by atoms with E-state index in [-0.39, 0.29) is 5.91 Å². The summed E-state index contributed by atoms with van der Waals surface area (Å²) < 4.78 is 5.18. The van der Waals surface area contributed by atoms with Crippen molar-refractivity contribution >= 4 is 34.5 Å². The third-order valence-electron chi connectivity index (χ3n) is 4.01. The van der Waals surface area contributed by atoms with Crippen molar-refractivity contribution in [2.75, 3.05) is 12.4 Å². The van der Waals surface area contributed by atoms with Gasteiger partial charge in [-0.3, -0.25) is 4.79 Å². The first-order chi connectivity index (χ1) is 12.4. The molecule has 0 aliphatic rings. The molecule has 3 aromatic rings. The van der Waals surface area contributed by atoms with Gasteiger partial charge in [0.2, 0.25) is 0 Å². The number of anilines is 1. The van der Waals surface area contributed by atoms with Gasteiger partial charge >= 0.3 is 0 Å². The van der Waals surface area contributed by atoms with E-state index < -0.39 is 0 Å². The van der Waals surface area contributed by atoms with E-state index in [1.807, 2.05) is 57.2 Å². The molecule has 1 N–H and O–H groups in total. The molecule has 2 aromatic carbocycles. The summed E-state index contributed by atoms with van der Waals surface area (Å²) in [6.45, 7) is 5.73. The molecular weight excluding hydrogens is 368 g/mol. The molecule has 0 aliphatic heterocycles. The minimum atomic E-state index is -0.200. The van der Waals surface area contributed by atoms with Crippen molar-refractivity contribution in [1.29, 1.82) is 0 Å². The molecule has 4 nitrogen and oxygen atoms in total. The van der Waals surface area contributed by atoms with E-state index >= 15 is 0 Å². The van der Waals surface area contributed by atoms with Gasteiger partial charge in [0.25, 0.3) is 5.91 Å². The van der Waals surface area contributed by atoms with Crippen molar-refractivity contribution in [3.8, 4) is 16.3 Å². The molecule has 3 rings (SSSR count). The molecule has 26 heavy (non-hydrogen) atoms. The number of benzene rings is 2. The van der Waals surface area contributed by atoms with Crippen LogP contribution in [0.5, 0.6) is 5.75 Å². The SMILES string of the molecule is COc1ccc(-c2nc(C)c(C(=O)Nc3c(C)cc(C)cc3Cl)s2)cc1. The van der Waals surface area contributed by atoms with Crippen LogP contribution in [0.15, 0.2) is 36.4 Å². The molecule has 0 aliphatic carbocycles. The van der Waals surface area contributed by atoms with E-state index in [1.54, 1.807) is 7.11 Å². The molecule has 6 heteroatoms. The number of carbonyl (C=O) groups excluding carboxylic acids is 1. The Hall–Kier alpha value is -2.37. The van der Waals surface area contributed by atoms with Gasteiger partial charge in [-0.2, -0.15) is 0 Å². The number of aryl methyl sites for hydroxylation is 3. The number of halogens is 1. The number of rotatable bonds is 4. The molecule has 0 spiro atoms. The molecule has 1 heterocycles. The molecule has 0 saturated heterocycles. The highest BCUT2D eigenvalue weighted by Gasteiger charge is 2.18. The lowest BCUT2D eigenvalue weighted by molar-refractivity contribution is 0.102. The van der Waals surface area contributed by atoms with Gasteiger partial charge in [-0.25, -0.2) is 4.98 Å². The maximum absolute atomic E-state index is 12.8. The normalized spacial score (nSPS) is 10.7. The fraction of sp³-hybridized carbons (Fsp3) is 0.200. The van der Waals surface area contributed by atoms with Gasteiger partial charge in [-0.15, -0.1) is 11.3 Å². The summed E-state index contributed by atoms with van der Waals surface area (Å²) in [4.78, 5) is 17.9. The largest absolute Gasteiger partial charge is 0.497 e. The minimum Gasteiger partial charge on any atom is -0.497 e. The quantitative estimate of drug-likeness (QED) is 0.630. The average molecular weight is 387 g/mol. The summed E-state index contributed by atoms with van der Waals surface area (Å²) >= 11 is 7.66. The maximum Gasteiger partial charge on any atom is 0.267 e. The van der Waals surface area contributed by atoms with E-state index in [0.29, 0.717) is 21.3 Å². The molecule has 0 atom stereocenters. The number of hydrogen-bond acceptors (Lipinski definition) is 4. The van der Waals surface area contributed by atoms with Crippen molar-refractivity contribution in [2.45, 2.75) is 20.8 Å². The van der Waals surface area contributed by atoms with Crippen molar-refractivity contribution in [3.05, 3.63) is 63.1 Å². The van der Waals surface area contributed by atoms with E-state index in [4.69, 9.17) is 16.3 Å². The number of carbonyl (C=O) groups is 1. The fourth-order valence-corrected chi connectivity index (χ4v) is 4.04. The van der Waals surface area contributed by atoms with Gasteiger partial charge in [-0.1, -0.05) is 17.7 Å². The lowest BCUT2D eigenvalue weighted by Gasteiger charge is -2.11. The van der Waals surface area contributed by atoms with Gasteiger partial charge in [-0.05, 0) is 62.2 Å². The Kier molecular flexibility index (Phi) is 5.30. The predicted octanol–water partition coefficient (Wildman–Crippen LogP) is 5.65. The first kappa shape index (κ1) is 18.4. The Labute approximate surface area is 161 Å². The van der Waals surface area contributed by atoms with Crippen LogP contribution in [-0.2, 0) is 0 Å². The van der Waals surface area contributed by atoms with E-state index in [0.717, 1.165) is 27.4 Å². The third-order valence-corrected chi connectivity index (χ3v) is 5.51. The fourth-order valence-electron chi connectivity index (χ4n) is 2.71. The van der Waals surface area contributed by atoms with Gasteiger partial charge in [0.1, 0.15) is 15.6 Å². The van der Waals surface area contributed by atoms with Gasteiger partial charge < -0.3 is 10.1 Å². The summed E-state index contributed by atoms with van der Waals surface area (Å²) in [5.41, 5.74) is 4.27. The Morgan fingerprint density at radius 2 is 1.85 bits per heavy atom. The Morgan fingerprint density at radius 1 is 1.15 bits per heavy atom. The van der Waals surface area contributed by atoms with Crippen LogP contribution in [0.25, 0.3) is 10.6 Å². The zero-order valence-corrected chi connectivity index (χ0v) is 16.6. The van der Waals surface area contributed by atoms with Crippen LogP contribution in [0.3, 0.4) is 0 Å². The second kappa shape index (κ2) is 7.48. The van der Waals surface area contributed by atoms with Gasteiger partial charge in [0, 0.05) is 5.56 Å². The van der Waals surface area contributed by atoms with Crippen LogP contribution in [-0.4, -0.2) is 18.0 Å². The van der Waals surface area contributed by atoms with E-state index in [9.17, 15) is 4.79 Å². The van der Waals surface area contributed by atoms with Crippen LogP contribution in [0.1, 0.15) is 26.5 Å². The summed E-state index contributed by atoms with van der Waals surface area (Å²) in [5, 5.41) is 4.25. The second-order valence-corrected chi connectivity index (χ2v) is 7.46. The highest BCUT2D eigenvalue weighted by atomic mass is 35.5. The molecule has 0 saturated carbocycles. The number of aromatic nitrogens is 1. The number of nitrogens with one attached hydrogen (secondary N) is 1. The van der Waals surface area contributed by atoms with Crippen LogP contribution >= 0.6 is 22.9 Å². The summed E-state index contributed by atoms with van der Waals surface area (Å²) in [7, 11) is 1.63. The van der Waals surface area contributed by atoms with Crippen molar-refractivity contribution in [3.63, 3.8) is 0 Å². The highest BCUT2D eigenvalue weighted by molar-refractivity contribution is 7.17. The average Bonchev–Trinajstić information content (AvgIpc) is 3.00. The number of nitrogens with zero attached hydrogens (tertiary/aromatic N) is 1. The summed E-state index contributed by atoms with van der Waals surface area (Å²) in [5.74, 6) is 0.582. The summed E-state index contributed by atoms with van der Waals surface area (Å²) in [6.07, 6.45) is 0. The zero-order valence-electron chi connectivity index (χ0n) is 15.0. The van der Waals surface area contributed by atoms with Crippen LogP contribution in [0.4, 0.5) is 5.69 Å². The van der Waals surface area contributed by atoms with Gasteiger partial charge in [0.05, 0.1) is 23.5 Å². The van der Waals surface area contributed by atoms with Crippen molar-refractivity contribution in [1.82, 2.24) is 4.98 Å². The Balaban J connectivity index is 1.88. The molecule has 134 valence electrons. The Morgan fingerprint density at radius 3 is 2.46 bits per heavy atom. The highest BCUT2D eigenvalue weighted by Crippen LogP contribution is 2.32. The zero-order chi connectivity index (χ0) is 18.8. The van der Waals surface area contributed by atoms with Crippen molar-refractivity contribution in [2.24, 2.45) is 0 Å². The lowest BCUT2D eigenvalue weighted by Crippen LogP contribution is -2.13. The topological polar surface area (TPSA) is 51.2 Å². The number of methoxy groups -OCH3 is 1. The first-order valence-corrected chi connectivity index (χ1v) is 9.28. The monoisotopic (exact) mass is 386 g/mol. The Bertz CT molecular complexity index is 941. The maximum atomic E-state index is 12.8. The molecule has 0 bridgehead atoms. The standard InChI is InChI=1S/C20H19ClN2O2S/c1-11-9-12(2)17(16(21)10-11)23-19(24)18-13(3)22-20(26-18)14-5-7-15(25-4)8-6-14/h5-10H,1-4H3,(H,23,24). The van der Waals surface area contributed by atoms with Crippen LogP contribution < -0.4 is 10.1 Å². The first-order valence-electron chi connectivity index (χ1n) is 8.09. The number of ether oxygens (including phenoxy) is 1. The number of hydrogen-bond donors (Lipinski definition) is 1. The molecule has 0 fully saturated rings. The van der Waals surface area contributed by atoms with Crippen LogP contribution in [0, 0.1) is 20.8 Å². The number of thiazole rings is 1. The molecule has 0 unspecified atom stereocenters. The minimum absolute atomic E-state index is 0.200. The molecular formula is C20H19ClN2O2S. The molecule has 1 aromatic heterocycles. The predicted molar refractivity (Wildman–Crippen MR) is 108 cm³/mol. The second-order valence-electron chi connectivity index (χ2n) is 6.05.